The normalized spacial score (nSPS) is 16.2. The second-order valence-corrected chi connectivity index (χ2v) is 7.04. The highest BCUT2D eigenvalue weighted by Gasteiger charge is 2.38. The molecule has 1 aromatic carbocycles. The zero-order chi connectivity index (χ0) is 18.6. The Kier molecular flexibility index (Phi) is 6.15. The summed E-state index contributed by atoms with van der Waals surface area (Å²) in [6, 6.07) is 6.72. The molecule has 0 unspecified atom stereocenters. The van der Waals surface area contributed by atoms with Crippen LogP contribution in [0.25, 0.3) is 0 Å². The number of nitrogens with one attached hydrogen (secondary N) is 1. The number of carbonyl (C=O) groups excluding carboxylic acids is 2. The number of carbonyl (C=O) groups is 2. The molecular formula is C17H19Cl2N3O3. The number of benzene rings is 1. The van der Waals surface area contributed by atoms with E-state index in [1.165, 1.54) is 17.0 Å². The third-order valence-electron chi connectivity index (χ3n) is 3.95. The molecule has 1 saturated heterocycles. The van der Waals surface area contributed by atoms with Crippen molar-refractivity contribution in [2.45, 2.75) is 38.3 Å². The van der Waals surface area contributed by atoms with Gasteiger partial charge in [-0.05, 0) is 32.0 Å². The first-order chi connectivity index (χ1) is 11.8. The van der Waals surface area contributed by atoms with Crippen molar-refractivity contribution in [2.75, 3.05) is 13.1 Å². The summed E-state index contributed by atoms with van der Waals surface area (Å²) in [6.07, 6.45) is 0.0110. The maximum Gasteiger partial charge on any atom is 0.410 e. The Morgan fingerprint density at radius 2 is 1.96 bits per heavy atom. The van der Waals surface area contributed by atoms with Crippen LogP contribution < -0.4 is 5.32 Å². The molecule has 2 rings (SSSR count). The fourth-order valence-electron chi connectivity index (χ4n) is 2.57. The van der Waals surface area contributed by atoms with Gasteiger partial charge in [0.2, 0.25) is 0 Å². The number of hydrogen-bond acceptors (Lipinski definition) is 4. The molecule has 2 amide bonds. The lowest BCUT2D eigenvalue weighted by Gasteiger charge is -2.37. The van der Waals surface area contributed by atoms with E-state index in [1.807, 2.05) is 0 Å². The van der Waals surface area contributed by atoms with Gasteiger partial charge < -0.3 is 15.0 Å². The average molecular weight is 384 g/mol. The maximum absolute atomic E-state index is 12.5. The van der Waals surface area contributed by atoms with Gasteiger partial charge in [0.05, 0.1) is 22.8 Å². The lowest BCUT2D eigenvalue weighted by Crippen LogP contribution is -2.55. The monoisotopic (exact) mass is 383 g/mol. The van der Waals surface area contributed by atoms with Crippen molar-refractivity contribution in [1.29, 1.82) is 5.26 Å². The van der Waals surface area contributed by atoms with Gasteiger partial charge in [0, 0.05) is 31.0 Å². The molecule has 0 aliphatic carbocycles. The summed E-state index contributed by atoms with van der Waals surface area (Å²) in [5.74, 6) is -0.443. The number of amides is 2. The van der Waals surface area contributed by atoms with E-state index in [0.29, 0.717) is 31.0 Å². The van der Waals surface area contributed by atoms with Crippen LogP contribution >= 0.6 is 23.2 Å². The van der Waals surface area contributed by atoms with Crippen molar-refractivity contribution < 1.29 is 14.3 Å². The molecule has 1 aliphatic heterocycles. The minimum atomic E-state index is -1.05. The molecule has 134 valence electrons. The molecule has 1 heterocycles. The number of nitrogens with zero attached hydrogens (tertiary/aromatic N) is 2. The van der Waals surface area contributed by atoms with Gasteiger partial charge in [-0.3, -0.25) is 4.79 Å². The van der Waals surface area contributed by atoms with Crippen LogP contribution in [0.4, 0.5) is 4.79 Å². The molecule has 0 aromatic heterocycles. The van der Waals surface area contributed by atoms with Gasteiger partial charge in [-0.1, -0.05) is 23.2 Å². The smallest absolute Gasteiger partial charge is 0.410 e. The molecule has 6 nitrogen and oxygen atoms in total. The third-order valence-corrected chi connectivity index (χ3v) is 4.50. The summed E-state index contributed by atoms with van der Waals surface area (Å²) in [5.41, 5.74) is -0.795. The van der Waals surface area contributed by atoms with Gasteiger partial charge in [0.25, 0.3) is 5.91 Å². The minimum absolute atomic E-state index is 0.207. The molecule has 1 aliphatic rings. The van der Waals surface area contributed by atoms with Crippen LogP contribution in [0.5, 0.6) is 0 Å². The standard InChI is InChI=1S/C17H19Cl2N3O3/c1-11(2)25-16(24)22-7-5-17(10-20,6-8-22)21-15(23)13-4-3-12(18)9-14(13)19/h3-4,9,11H,5-8H2,1-2H3,(H,21,23). The largest absolute Gasteiger partial charge is 0.447 e. The summed E-state index contributed by atoms with van der Waals surface area (Å²) >= 11 is 11.9. The summed E-state index contributed by atoms with van der Waals surface area (Å²) in [4.78, 5) is 25.9. The third kappa shape index (κ3) is 4.77. The van der Waals surface area contributed by atoms with Crippen LogP contribution in [-0.2, 0) is 4.74 Å². The Morgan fingerprint density at radius 1 is 1.32 bits per heavy atom. The van der Waals surface area contributed by atoms with Gasteiger partial charge in [-0.25, -0.2) is 4.79 Å². The number of ether oxygens (including phenoxy) is 1. The number of hydrogen-bond donors (Lipinski definition) is 1. The molecule has 0 atom stereocenters. The van der Waals surface area contributed by atoms with Crippen molar-refractivity contribution >= 4 is 35.2 Å². The number of rotatable bonds is 3. The number of nitriles is 1. The SMILES string of the molecule is CC(C)OC(=O)N1CCC(C#N)(NC(=O)c2ccc(Cl)cc2Cl)CC1. The Balaban J connectivity index is 2.04. The van der Waals surface area contributed by atoms with Crippen molar-refractivity contribution in [1.82, 2.24) is 10.2 Å². The maximum atomic E-state index is 12.5. The highest BCUT2D eigenvalue weighted by Crippen LogP contribution is 2.25. The first kappa shape index (κ1) is 19.4. The van der Waals surface area contributed by atoms with Crippen LogP contribution in [0, 0.1) is 11.3 Å². The molecule has 0 saturated carbocycles. The zero-order valence-corrected chi connectivity index (χ0v) is 15.5. The zero-order valence-electron chi connectivity index (χ0n) is 14.0. The van der Waals surface area contributed by atoms with E-state index < -0.39 is 17.5 Å². The molecule has 0 spiro atoms. The van der Waals surface area contributed by atoms with Crippen LogP contribution in [-0.4, -0.2) is 41.6 Å². The Bertz CT molecular complexity index is 708. The molecule has 1 aromatic rings. The summed E-state index contributed by atoms with van der Waals surface area (Å²) in [6.45, 7) is 4.20. The summed E-state index contributed by atoms with van der Waals surface area (Å²) < 4.78 is 5.16. The minimum Gasteiger partial charge on any atom is -0.447 e. The highest BCUT2D eigenvalue weighted by molar-refractivity contribution is 6.36. The van der Waals surface area contributed by atoms with Crippen LogP contribution in [0.1, 0.15) is 37.0 Å². The molecule has 1 fully saturated rings. The van der Waals surface area contributed by atoms with E-state index in [-0.39, 0.29) is 16.7 Å². The van der Waals surface area contributed by atoms with E-state index in [2.05, 4.69) is 11.4 Å². The first-order valence-corrected chi connectivity index (χ1v) is 8.66. The lowest BCUT2D eigenvalue weighted by molar-refractivity contribution is 0.0618. The van der Waals surface area contributed by atoms with Crippen LogP contribution in [0.2, 0.25) is 10.0 Å². The predicted molar refractivity (Wildman–Crippen MR) is 94.7 cm³/mol. The van der Waals surface area contributed by atoms with Gasteiger partial charge in [-0.2, -0.15) is 5.26 Å². The molecule has 1 N–H and O–H groups in total. The summed E-state index contributed by atoms with van der Waals surface area (Å²) in [7, 11) is 0. The summed E-state index contributed by atoms with van der Waals surface area (Å²) in [5, 5.41) is 13.0. The van der Waals surface area contributed by atoms with Gasteiger partial charge >= 0.3 is 6.09 Å². The first-order valence-electron chi connectivity index (χ1n) is 7.91. The fourth-order valence-corrected chi connectivity index (χ4v) is 3.06. The number of likely N-dealkylation sites (tertiary alicyclic amines) is 1. The molecule has 0 radical (unpaired) electrons. The molecule has 0 bridgehead atoms. The second kappa shape index (κ2) is 7.94. The van der Waals surface area contributed by atoms with Gasteiger partial charge in [-0.15, -0.1) is 0 Å². The van der Waals surface area contributed by atoms with Crippen molar-refractivity contribution in [3.05, 3.63) is 33.8 Å². The van der Waals surface area contributed by atoms with E-state index in [0.717, 1.165) is 0 Å². The Morgan fingerprint density at radius 3 is 2.48 bits per heavy atom. The van der Waals surface area contributed by atoms with E-state index >= 15 is 0 Å². The average Bonchev–Trinajstić information content (AvgIpc) is 2.54. The van der Waals surface area contributed by atoms with E-state index in [1.54, 1.807) is 19.9 Å². The fraction of sp³-hybridized carbons (Fsp3) is 0.471. The number of halogens is 2. The van der Waals surface area contributed by atoms with E-state index in [9.17, 15) is 14.9 Å². The van der Waals surface area contributed by atoms with Crippen LogP contribution in [0.15, 0.2) is 18.2 Å². The van der Waals surface area contributed by atoms with Crippen molar-refractivity contribution in [3.8, 4) is 6.07 Å². The number of piperidine rings is 1. The Hall–Kier alpha value is -1.97. The molecule has 25 heavy (non-hydrogen) atoms. The molecule has 8 heteroatoms. The van der Waals surface area contributed by atoms with Crippen molar-refractivity contribution in [3.63, 3.8) is 0 Å². The topological polar surface area (TPSA) is 82.4 Å². The predicted octanol–water partition coefficient (Wildman–Crippen LogP) is 3.63. The van der Waals surface area contributed by atoms with Crippen molar-refractivity contribution in [2.24, 2.45) is 0 Å². The Labute approximate surface area is 156 Å². The van der Waals surface area contributed by atoms with Gasteiger partial charge in [0.1, 0.15) is 5.54 Å². The highest BCUT2D eigenvalue weighted by atomic mass is 35.5. The lowest BCUT2D eigenvalue weighted by atomic mass is 9.88. The van der Waals surface area contributed by atoms with E-state index in [4.69, 9.17) is 27.9 Å². The van der Waals surface area contributed by atoms with Gasteiger partial charge in [0.15, 0.2) is 0 Å². The molecular weight excluding hydrogens is 365 g/mol. The second-order valence-electron chi connectivity index (χ2n) is 6.19. The quantitative estimate of drug-likeness (QED) is 0.863. The van der Waals surface area contributed by atoms with Crippen LogP contribution in [0.3, 0.4) is 0 Å².